The number of aromatic nitrogens is 3. The number of aryl methyl sites for hydroxylation is 1. The Balaban J connectivity index is 1.09. The number of aliphatic hydroxyl groups is 1. The number of benzene rings is 5. The Morgan fingerprint density at radius 3 is 2.47 bits per heavy atom. The number of ether oxygens (including phenoxy) is 2. The zero-order valence-corrected chi connectivity index (χ0v) is 32.3. The molecule has 278 valence electrons. The van der Waals surface area contributed by atoms with E-state index in [-0.39, 0.29) is 41.9 Å². The maximum atomic E-state index is 14.5. The fraction of sp³-hybridized carbons (Fsp3) is 0.273. The third-order valence-electron chi connectivity index (χ3n) is 12.3. The summed E-state index contributed by atoms with van der Waals surface area (Å²) in [4.78, 5) is 30.2. The molecule has 3 aliphatic heterocycles. The summed E-state index contributed by atoms with van der Waals surface area (Å²) in [6.07, 6.45) is 2.19. The molecule has 11 heteroatoms. The zero-order valence-electron chi connectivity index (χ0n) is 31.3. The number of aliphatic hydroxyl groups excluding tert-OH is 1. The molecule has 4 heterocycles. The van der Waals surface area contributed by atoms with Gasteiger partial charge < -0.3 is 19.9 Å². The number of fused-ring (bicyclic) bond motifs is 2. The van der Waals surface area contributed by atoms with Crippen molar-refractivity contribution in [2.24, 2.45) is 5.92 Å². The molecule has 0 aliphatic carbocycles. The normalized spacial score (nSPS) is 22.1. The lowest BCUT2D eigenvalue weighted by Gasteiger charge is -2.37. The number of carbonyl (C=O) groups is 2. The molecule has 2 N–H and O–H groups in total. The number of anilines is 3. The summed E-state index contributed by atoms with van der Waals surface area (Å²) in [6, 6.07) is 35.7. The molecule has 1 aromatic heterocycles. The van der Waals surface area contributed by atoms with Gasteiger partial charge in [-0.2, -0.15) is 0 Å². The molecule has 0 saturated carbocycles. The molecule has 9 rings (SSSR count). The number of nitrogens with zero attached hydrogens (tertiary/aromatic N) is 4. The molecular weight excluding hydrogens is 707 g/mol. The first-order valence-corrected chi connectivity index (χ1v) is 21.9. The molecular formula is C44H43N5O5Si. The third kappa shape index (κ3) is 5.43. The van der Waals surface area contributed by atoms with Crippen LogP contribution in [0.25, 0.3) is 10.8 Å². The fourth-order valence-electron chi connectivity index (χ4n) is 9.60. The summed E-state index contributed by atoms with van der Waals surface area (Å²) in [5.74, 6) is 0.0159. The highest BCUT2D eigenvalue weighted by Gasteiger charge is 2.64. The molecule has 10 nitrogen and oxygen atoms in total. The molecule has 1 saturated heterocycles. The molecule has 5 aromatic carbocycles. The van der Waals surface area contributed by atoms with Crippen LogP contribution < -0.4 is 20.1 Å². The minimum Gasteiger partial charge on any atom is -0.497 e. The summed E-state index contributed by atoms with van der Waals surface area (Å²) < 4.78 is 14.6. The van der Waals surface area contributed by atoms with Crippen LogP contribution in [0.2, 0.25) is 18.6 Å². The van der Waals surface area contributed by atoms with Crippen LogP contribution >= 0.6 is 0 Å². The number of nitrogens with one attached hydrogen (secondary N) is 1. The average Bonchev–Trinajstić information content (AvgIpc) is 3.94. The van der Waals surface area contributed by atoms with Crippen molar-refractivity contribution in [3.8, 4) is 5.75 Å². The first-order chi connectivity index (χ1) is 26.6. The Morgan fingerprint density at radius 2 is 1.73 bits per heavy atom. The molecule has 1 spiro atoms. The highest BCUT2D eigenvalue weighted by atomic mass is 28.3. The van der Waals surface area contributed by atoms with Gasteiger partial charge in [-0.3, -0.25) is 19.2 Å². The topological polar surface area (TPSA) is 119 Å². The van der Waals surface area contributed by atoms with Crippen molar-refractivity contribution in [1.29, 1.82) is 0 Å². The first-order valence-electron chi connectivity index (χ1n) is 18.9. The van der Waals surface area contributed by atoms with E-state index in [0.717, 1.165) is 33.3 Å². The van der Waals surface area contributed by atoms with Gasteiger partial charge in [-0.05, 0) is 65.4 Å². The summed E-state index contributed by atoms with van der Waals surface area (Å²) in [7, 11) is -0.714. The highest BCUT2D eigenvalue weighted by Crippen LogP contribution is 2.59. The highest BCUT2D eigenvalue weighted by molar-refractivity contribution is 6.91. The van der Waals surface area contributed by atoms with Gasteiger partial charge in [-0.15, -0.1) is 5.10 Å². The summed E-state index contributed by atoms with van der Waals surface area (Å²) in [5.41, 5.74) is 4.05. The Morgan fingerprint density at radius 1 is 0.964 bits per heavy atom. The van der Waals surface area contributed by atoms with E-state index < -0.39 is 13.7 Å². The smallest absolute Gasteiger partial charge is 0.263 e. The predicted octanol–water partition coefficient (Wildman–Crippen LogP) is 7.11. The first kappa shape index (κ1) is 35.1. The van der Waals surface area contributed by atoms with E-state index >= 15 is 0 Å². The molecule has 3 aliphatic rings. The molecule has 2 amide bonds. The SMILES string of the molecule is COc1ccc([Si](C)(C)[C@@H]2[C@@H](CCn3cc(C(CO)c4ccccc4)nn3)O[C@]3(C(=O)Nc4ccc(N5C(=O)c6cccc7cccc5c67)cc43)[C@H]2C)cc1. The van der Waals surface area contributed by atoms with Gasteiger partial charge in [-0.25, -0.2) is 0 Å². The van der Waals surface area contributed by atoms with E-state index in [4.69, 9.17) is 9.47 Å². The Bertz CT molecular complexity index is 2450. The third-order valence-corrected chi connectivity index (χ3v) is 16.7. The number of hydrogen-bond acceptors (Lipinski definition) is 7. The lowest BCUT2D eigenvalue weighted by atomic mass is 9.82. The van der Waals surface area contributed by atoms with Crippen LogP contribution in [-0.2, 0) is 21.7 Å². The molecule has 1 fully saturated rings. The van der Waals surface area contributed by atoms with Crippen molar-refractivity contribution in [3.63, 3.8) is 0 Å². The van der Waals surface area contributed by atoms with Crippen LogP contribution in [0.5, 0.6) is 5.75 Å². The van der Waals surface area contributed by atoms with Crippen LogP contribution in [0, 0.1) is 5.92 Å². The summed E-state index contributed by atoms with van der Waals surface area (Å²) in [5, 5.41) is 25.6. The van der Waals surface area contributed by atoms with Crippen molar-refractivity contribution in [3.05, 3.63) is 138 Å². The van der Waals surface area contributed by atoms with Gasteiger partial charge in [0.25, 0.3) is 11.8 Å². The molecule has 6 aromatic rings. The van der Waals surface area contributed by atoms with E-state index in [1.807, 2.05) is 108 Å². The van der Waals surface area contributed by atoms with Crippen LogP contribution in [0.15, 0.2) is 115 Å². The maximum absolute atomic E-state index is 14.5. The summed E-state index contributed by atoms with van der Waals surface area (Å²) >= 11 is 0. The van der Waals surface area contributed by atoms with E-state index in [1.54, 1.807) is 12.0 Å². The molecule has 5 atom stereocenters. The van der Waals surface area contributed by atoms with Crippen LogP contribution in [0.1, 0.15) is 46.4 Å². The van der Waals surface area contributed by atoms with E-state index in [2.05, 4.69) is 47.8 Å². The molecule has 55 heavy (non-hydrogen) atoms. The maximum Gasteiger partial charge on any atom is 0.263 e. The average molecular weight is 750 g/mol. The Hall–Kier alpha value is -5.62. The van der Waals surface area contributed by atoms with Gasteiger partial charge in [0, 0.05) is 41.0 Å². The van der Waals surface area contributed by atoms with Gasteiger partial charge in [0.2, 0.25) is 0 Å². The van der Waals surface area contributed by atoms with Gasteiger partial charge in [0.15, 0.2) is 5.60 Å². The zero-order chi connectivity index (χ0) is 38.1. The lowest BCUT2D eigenvalue weighted by Crippen LogP contribution is -2.51. The Labute approximate surface area is 320 Å². The predicted molar refractivity (Wildman–Crippen MR) is 215 cm³/mol. The van der Waals surface area contributed by atoms with E-state index in [1.165, 1.54) is 5.19 Å². The minimum atomic E-state index is -2.38. The quantitative estimate of drug-likeness (QED) is 0.143. The molecule has 0 bridgehead atoms. The minimum absolute atomic E-state index is 0.0187. The van der Waals surface area contributed by atoms with Crippen molar-refractivity contribution >= 4 is 52.9 Å². The van der Waals surface area contributed by atoms with Gasteiger partial charge in [0.1, 0.15) is 5.75 Å². The van der Waals surface area contributed by atoms with Gasteiger partial charge in [0.05, 0.1) is 50.8 Å². The standard InChI is InChI=1S/C44H43N5O5Si/c1-27-41(55(3,4)32-19-17-31(53-2)18-20-32)39(22-23-48-25-37(46-47-48)34(26-50)28-10-6-5-7-11-28)54-44(27)35-24-30(16-21-36(35)45-43(44)52)49-38-15-9-13-29-12-8-14-33(40(29)38)42(49)51/h5-21,24-25,27,34,39,41,50H,22-23,26H2,1-4H3,(H,45,52)/t27-,34?,39+,41-,44+/m0/s1. The fourth-order valence-corrected chi connectivity index (χ4v) is 13.7. The second-order valence-corrected chi connectivity index (χ2v) is 20.2. The van der Waals surface area contributed by atoms with Crippen molar-refractivity contribution < 1.29 is 24.2 Å². The van der Waals surface area contributed by atoms with E-state index in [0.29, 0.717) is 35.6 Å². The molecule has 0 radical (unpaired) electrons. The number of hydrogen-bond donors (Lipinski definition) is 2. The van der Waals surface area contributed by atoms with Gasteiger partial charge >= 0.3 is 0 Å². The Kier molecular flexibility index (Phi) is 8.48. The van der Waals surface area contributed by atoms with Crippen molar-refractivity contribution in [2.45, 2.75) is 56.1 Å². The monoisotopic (exact) mass is 749 g/mol. The largest absolute Gasteiger partial charge is 0.497 e. The second kappa shape index (κ2) is 13.3. The van der Waals surface area contributed by atoms with E-state index in [9.17, 15) is 14.7 Å². The van der Waals surface area contributed by atoms with Crippen LogP contribution in [-0.4, -0.2) is 59.8 Å². The number of amides is 2. The van der Waals surface area contributed by atoms with Crippen LogP contribution in [0.4, 0.5) is 17.1 Å². The number of methoxy groups -OCH3 is 1. The van der Waals surface area contributed by atoms with Crippen LogP contribution in [0.3, 0.4) is 0 Å². The van der Waals surface area contributed by atoms with Crippen molar-refractivity contribution in [1.82, 2.24) is 15.0 Å². The number of rotatable bonds is 10. The summed E-state index contributed by atoms with van der Waals surface area (Å²) in [6.45, 7) is 7.29. The number of carbonyl (C=O) groups excluding carboxylic acids is 2. The van der Waals surface area contributed by atoms with Crippen molar-refractivity contribution in [2.75, 3.05) is 23.9 Å². The van der Waals surface area contributed by atoms with Gasteiger partial charge in [-0.1, -0.05) is 97.1 Å². The lowest BCUT2D eigenvalue weighted by molar-refractivity contribution is -0.143. The molecule has 1 unspecified atom stereocenters. The second-order valence-electron chi connectivity index (χ2n) is 15.5.